The van der Waals surface area contributed by atoms with E-state index in [1.807, 2.05) is 55.5 Å². The van der Waals surface area contributed by atoms with Crippen molar-refractivity contribution in [3.05, 3.63) is 58.6 Å². The van der Waals surface area contributed by atoms with Gasteiger partial charge in [0, 0.05) is 10.9 Å². The lowest BCUT2D eigenvalue weighted by Gasteiger charge is -2.16. The topological polar surface area (TPSA) is 47.6 Å². The van der Waals surface area contributed by atoms with Crippen molar-refractivity contribution < 1.29 is 14.3 Å². The molecule has 2 aromatic rings. The van der Waals surface area contributed by atoms with Crippen molar-refractivity contribution in [2.24, 2.45) is 0 Å². The summed E-state index contributed by atoms with van der Waals surface area (Å²) in [5, 5.41) is 3.01. The van der Waals surface area contributed by atoms with Crippen molar-refractivity contribution in [1.82, 2.24) is 5.32 Å². The fourth-order valence-electron chi connectivity index (χ4n) is 2.31. The highest BCUT2D eigenvalue weighted by atomic mass is 79.9. The van der Waals surface area contributed by atoms with Gasteiger partial charge in [0.15, 0.2) is 0 Å². The molecule has 0 radical (unpaired) electrons. The first-order valence-corrected chi connectivity index (χ1v) is 8.70. The minimum absolute atomic E-state index is 0.0246. The van der Waals surface area contributed by atoms with Crippen LogP contribution in [0.25, 0.3) is 0 Å². The Labute approximate surface area is 151 Å². The van der Waals surface area contributed by atoms with E-state index in [0.29, 0.717) is 19.4 Å². The monoisotopic (exact) mass is 391 g/mol. The first kappa shape index (κ1) is 18.3. The van der Waals surface area contributed by atoms with Crippen LogP contribution >= 0.6 is 15.9 Å². The van der Waals surface area contributed by atoms with Gasteiger partial charge in [0.1, 0.15) is 11.5 Å². The lowest BCUT2D eigenvalue weighted by molar-refractivity contribution is -0.121. The second kappa shape index (κ2) is 9.33. The molecule has 2 aromatic carbocycles. The number of hydrogen-bond donors (Lipinski definition) is 1. The fourth-order valence-corrected chi connectivity index (χ4v) is 2.94. The molecule has 5 heteroatoms. The minimum Gasteiger partial charge on any atom is -0.497 e. The largest absolute Gasteiger partial charge is 0.497 e. The molecule has 4 nitrogen and oxygen atoms in total. The molecule has 0 saturated heterocycles. The van der Waals surface area contributed by atoms with Crippen LogP contribution in [0.15, 0.2) is 53.0 Å². The first-order chi connectivity index (χ1) is 11.6. The third kappa shape index (κ3) is 5.57. The number of carbonyl (C=O) groups excluding carboxylic acids is 1. The van der Waals surface area contributed by atoms with E-state index in [1.165, 1.54) is 0 Å². The molecule has 128 valence electrons. The Morgan fingerprint density at radius 1 is 1.12 bits per heavy atom. The fraction of sp³-hybridized carbons (Fsp3) is 0.316. The minimum atomic E-state index is -0.0319. The van der Waals surface area contributed by atoms with Crippen molar-refractivity contribution in [3.8, 4) is 11.5 Å². The van der Waals surface area contributed by atoms with Crippen molar-refractivity contribution in [2.45, 2.75) is 25.8 Å². The van der Waals surface area contributed by atoms with Crippen LogP contribution in [0.3, 0.4) is 0 Å². The maximum atomic E-state index is 12.0. The van der Waals surface area contributed by atoms with E-state index >= 15 is 0 Å². The molecule has 0 aliphatic heterocycles. The molecule has 0 fully saturated rings. The molecule has 2 rings (SSSR count). The Morgan fingerprint density at radius 2 is 1.79 bits per heavy atom. The molecular formula is C19H22BrNO3. The van der Waals surface area contributed by atoms with Gasteiger partial charge in [0.2, 0.25) is 5.91 Å². The number of halogens is 1. The lowest BCUT2D eigenvalue weighted by atomic mass is 10.1. The normalized spacial score (nSPS) is 11.6. The number of methoxy groups -OCH3 is 1. The predicted molar refractivity (Wildman–Crippen MR) is 98.4 cm³/mol. The third-order valence-corrected chi connectivity index (χ3v) is 4.35. The van der Waals surface area contributed by atoms with E-state index in [2.05, 4.69) is 21.2 Å². The Kier molecular flexibility index (Phi) is 7.12. The molecular weight excluding hydrogens is 370 g/mol. The van der Waals surface area contributed by atoms with Crippen LogP contribution in [0, 0.1) is 0 Å². The van der Waals surface area contributed by atoms with Gasteiger partial charge in [0.25, 0.3) is 0 Å². The molecule has 0 bridgehead atoms. The predicted octanol–water partition coefficient (Wildman–Crippen LogP) is 4.49. The molecule has 0 heterocycles. The van der Waals surface area contributed by atoms with Gasteiger partial charge in [-0.15, -0.1) is 0 Å². The summed E-state index contributed by atoms with van der Waals surface area (Å²) in [7, 11) is 1.63. The van der Waals surface area contributed by atoms with Crippen molar-refractivity contribution in [1.29, 1.82) is 0 Å². The van der Waals surface area contributed by atoms with Crippen LogP contribution in [0.1, 0.15) is 31.4 Å². The van der Waals surface area contributed by atoms with E-state index in [0.717, 1.165) is 21.5 Å². The zero-order valence-corrected chi connectivity index (χ0v) is 15.5. The van der Waals surface area contributed by atoms with E-state index in [4.69, 9.17) is 9.47 Å². The number of ether oxygens (including phenoxy) is 2. The Bertz CT molecular complexity index is 658. The maximum Gasteiger partial charge on any atom is 0.220 e. The second-order valence-electron chi connectivity index (χ2n) is 5.44. The zero-order chi connectivity index (χ0) is 17.4. The molecule has 1 unspecified atom stereocenters. The number of amides is 1. The van der Waals surface area contributed by atoms with Gasteiger partial charge in [-0.3, -0.25) is 4.79 Å². The van der Waals surface area contributed by atoms with Crippen LogP contribution < -0.4 is 14.8 Å². The SMILES string of the molecule is COc1ccc(OCCCC(=O)NC(C)c2ccccc2Br)cc1. The summed E-state index contributed by atoms with van der Waals surface area (Å²) >= 11 is 3.51. The summed E-state index contributed by atoms with van der Waals surface area (Å²) in [6.45, 7) is 2.48. The highest BCUT2D eigenvalue weighted by Crippen LogP contribution is 2.22. The summed E-state index contributed by atoms with van der Waals surface area (Å²) in [6.07, 6.45) is 1.10. The third-order valence-electron chi connectivity index (χ3n) is 3.63. The summed E-state index contributed by atoms with van der Waals surface area (Å²) in [6, 6.07) is 15.3. The number of hydrogen-bond acceptors (Lipinski definition) is 3. The quantitative estimate of drug-likeness (QED) is 0.674. The second-order valence-corrected chi connectivity index (χ2v) is 6.29. The molecule has 0 aliphatic carbocycles. The highest BCUT2D eigenvalue weighted by molar-refractivity contribution is 9.10. The number of rotatable bonds is 8. The molecule has 0 saturated carbocycles. The van der Waals surface area contributed by atoms with Crippen LogP contribution in [-0.4, -0.2) is 19.6 Å². The van der Waals surface area contributed by atoms with Crippen LogP contribution in [0.5, 0.6) is 11.5 Å². The van der Waals surface area contributed by atoms with Gasteiger partial charge in [-0.05, 0) is 49.2 Å². The number of nitrogens with one attached hydrogen (secondary N) is 1. The van der Waals surface area contributed by atoms with Crippen molar-refractivity contribution in [3.63, 3.8) is 0 Å². The summed E-state index contributed by atoms with van der Waals surface area (Å²) in [5.41, 5.74) is 1.07. The summed E-state index contributed by atoms with van der Waals surface area (Å²) in [5.74, 6) is 1.59. The van der Waals surface area contributed by atoms with E-state index in [1.54, 1.807) is 7.11 Å². The van der Waals surface area contributed by atoms with Crippen LogP contribution in [0.4, 0.5) is 0 Å². The van der Waals surface area contributed by atoms with Gasteiger partial charge >= 0.3 is 0 Å². The summed E-state index contributed by atoms with van der Waals surface area (Å²) in [4.78, 5) is 12.0. The maximum absolute atomic E-state index is 12.0. The zero-order valence-electron chi connectivity index (χ0n) is 13.9. The van der Waals surface area contributed by atoms with Crippen molar-refractivity contribution >= 4 is 21.8 Å². The smallest absolute Gasteiger partial charge is 0.220 e. The van der Waals surface area contributed by atoms with Gasteiger partial charge < -0.3 is 14.8 Å². The molecule has 1 N–H and O–H groups in total. The number of benzene rings is 2. The number of carbonyl (C=O) groups is 1. The van der Waals surface area contributed by atoms with Gasteiger partial charge in [-0.25, -0.2) is 0 Å². The molecule has 0 aliphatic rings. The molecule has 0 aromatic heterocycles. The Hall–Kier alpha value is -2.01. The van der Waals surface area contributed by atoms with Crippen LogP contribution in [0.2, 0.25) is 0 Å². The van der Waals surface area contributed by atoms with Gasteiger partial charge in [0.05, 0.1) is 19.8 Å². The average molecular weight is 392 g/mol. The first-order valence-electron chi connectivity index (χ1n) is 7.91. The highest BCUT2D eigenvalue weighted by Gasteiger charge is 2.11. The molecule has 1 atom stereocenters. The van der Waals surface area contributed by atoms with E-state index in [9.17, 15) is 4.79 Å². The van der Waals surface area contributed by atoms with Gasteiger partial charge in [-0.2, -0.15) is 0 Å². The van der Waals surface area contributed by atoms with Crippen molar-refractivity contribution in [2.75, 3.05) is 13.7 Å². The van der Waals surface area contributed by atoms with E-state index < -0.39 is 0 Å². The van der Waals surface area contributed by atoms with Gasteiger partial charge in [-0.1, -0.05) is 34.1 Å². The summed E-state index contributed by atoms with van der Waals surface area (Å²) < 4.78 is 11.7. The molecule has 24 heavy (non-hydrogen) atoms. The van der Waals surface area contributed by atoms with E-state index in [-0.39, 0.29) is 11.9 Å². The standard InChI is InChI=1S/C19H22BrNO3/c1-14(17-6-3-4-7-18(17)20)21-19(22)8-5-13-24-16-11-9-15(23-2)10-12-16/h3-4,6-7,9-12,14H,5,8,13H2,1-2H3,(H,21,22). The average Bonchev–Trinajstić information content (AvgIpc) is 2.59. The molecule has 1 amide bonds. The molecule has 0 spiro atoms. The Morgan fingerprint density at radius 3 is 2.46 bits per heavy atom. The Balaban J connectivity index is 1.70. The lowest BCUT2D eigenvalue weighted by Crippen LogP contribution is -2.26. The van der Waals surface area contributed by atoms with Crippen LogP contribution in [-0.2, 0) is 4.79 Å².